The van der Waals surface area contributed by atoms with E-state index in [9.17, 15) is 9.90 Å². The van der Waals surface area contributed by atoms with E-state index in [2.05, 4.69) is 10.6 Å². The molecule has 2 amide bonds. The van der Waals surface area contributed by atoms with Gasteiger partial charge in [-0.05, 0) is 17.7 Å². The lowest BCUT2D eigenvalue weighted by molar-refractivity contribution is 0.247. The van der Waals surface area contributed by atoms with Crippen LogP contribution in [0, 0.1) is 0 Å². The first-order valence-corrected chi connectivity index (χ1v) is 4.23. The normalized spacial score (nSPS) is 20.3. The van der Waals surface area contributed by atoms with Gasteiger partial charge in [-0.1, -0.05) is 6.07 Å². The standard InChI is InChI=1S/C9H10N2O3/c12-7-2-1-5(3-8(7)13)6-4-10-9(14)11-6/h1-3,6,12-13H,4H2,(H2,10,11,14)/t6-/m0/s1. The second-order valence-electron chi connectivity index (χ2n) is 3.16. The molecule has 0 aliphatic carbocycles. The van der Waals surface area contributed by atoms with Gasteiger partial charge in [0.25, 0.3) is 0 Å². The van der Waals surface area contributed by atoms with Crippen molar-refractivity contribution in [2.24, 2.45) is 0 Å². The number of carbonyl (C=O) groups excluding carboxylic acids is 1. The second kappa shape index (κ2) is 3.10. The number of carbonyl (C=O) groups is 1. The Morgan fingerprint density at radius 3 is 2.64 bits per heavy atom. The maximum Gasteiger partial charge on any atom is 0.315 e. The summed E-state index contributed by atoms with van der Waals surface area (Å²) in [4.78, 5) is 10.8. The lowest BCUT2D eigenvalue weighted by Gasteiger charge is -2.09. The van der Waals surface area contributed by atoms with Crippen molar-refractivity contribution in [3.63, 3.8) is 0 Å². The minimum atomic E-state index is -0.220. The molecule has 5 nitrogen and oxygen atoms in total. The van der Waals surface area contributed by atoms with Gasteiger partial charge in [0, 0.05) is 6.54 Å². The van der Waals surface area contributed by atoms with Gasteiger partial charge in [-0.25, -0.2) is 4.79 Å². The molecule has 0 unspecified atom stereocenters. The Morgan fingerprint density at radius 2 is 2.07 bits per heavy atom. The van der Waals surface area contributed by atoms with Crippen molar-refractivity contribution in [1.82, 2.24) is 10.6 Å². The average molecular weight is 194 g/mol. The van der Waals surface area contributed by atoms with E-state index in [0.29, 0.717) is 6.54 Å². The highest BCUT2D eigenvalue weighted by atomic mass is 16.3. The molecule has 1 aliphatic heterocycles. The van der Waals surface area contributed by atoms with Gasteiger partial charge in [0.05, 0.1) is 6.04 Å². The van der Waals surface area contributed by atoms with E-state index < -0.39 is 0 Å². The minimum Gasteiger partial charge on any atom is -0.504 e. The zero-order valence-corrected chi connectivity index (χ0v) is 7.32. The highest BCUT2D eigenvalue weighted by Crippen LogP contribution is 2.28. The third-order valence-electron chi connectivity index (χ3n) is 2.17. The van der Waals surface area contributed by atoms with Crippen LogP contribution in [0.25, 0.3) is 0 Å². The molecular formula is C9H10N2O3. The van der Waals surface area contributed by atoms with E-state index in [0.717, 1.165) is 5.56 Å². The number of phenolic OH excluding ortho intramolecular Hbond substituents is 2. The van der Waals surface area contributed by atoms with E-state index in [1.165, 1.54) is 12.1 Å². The molecular weight excluding hydrogens is 184 g/mol. The summed E-state index contributed by atoms with van der Waals surface area (Å²) in [6.45, 7) is 0.489. The van der Waals surface area contributed by atoms with Gasteiger partial charge in [-0.3, -0.25) is 0 Å². The summed E-state index contributed by atoms with van der Waals surface area (Å²) in [5.41, 5.74) is 0.763. The van der Waals surface area contributed by atoms with Crippen molar-refractivity contribution in [2.45, 2.75) is 6.04 Å². The molecule has 74 valence electrons. The number of nitrogens with one attached hydrogen (secondary N) is 2. The zero-order chi connectivity index (χ0) is 10.1. The maximum absolute atomic E-state index is 10.8. The van der Waals surface area contributed by atoms with Gasteiger partial charge < -0.3 is 20.8 Å². The summed E-state index contributed by atoms with van der Waals surface area (Å²) in [6.07, 6.45) is 0. The number of hydrogen-bond acceptors (Lipinski definition) is 3. The summed E-state index contributed by atoms with van der Waals surface area (Å²) in [7, 11) is 0. The predicted octanol–water partition coefficient (Wildman–Crippen LogP) is 0.452. The smallest absolute Gasteiger partial charge is 0.315 e. The molecule has 0 radical (unpaired) electrons. The lowest BCUT2D eigenvalue weighted by atomic mass is 10.1. The van der Waals surface area contributed by atoms with Crippen LogP contribution in [-0.4, -0.2) is 22.8 Å². The van der Waals surface area contributed by atoms with Crippen LogP contribution >= 0.6 is 0 Å². The summed E-state index contributed by atoms with van der Waals surface area (Å²) in [5, 5.41) is 23.6. The average Bonchev–Trinajstić information content (AvgIpc) is 2.57. The van der Waals surface area contributed by atoms with Crippen LogP contribution in [0.15, 0.2) is 18.2 Å². The molecule has 0 saturated carbocycles. The first-order valence-electron chi connectivity index (χ1n) is 4.23. The monoisotopic (exact) mass is 194 g/mol. The van der Waals surface area contributed by atoms with Gasteiger partial charge >= 0.3 is 6.03 Å². The van der Waals surface area contributed by atoms with E-state index in [1.54, 1.807) is 6.07 Å². The Kier molecular flexibility index (Phi) is 1.92. The van der Waals surface area contributed by atoms with Gasteiger partial charge in [-0.15, -0.1) is 0 Å². The van der Waals surface area contributed by atoms with Crippen molar-refractivity contribution < 1.29 is 15.0 Å². The van der Waals surface area contributed by atoms with Crippen LogP contribution < -0.4 is 10.6 Å². The van der Waals surface area contributed by atoms with E-state index in [-0.39, 0.29) is 23.6 Å². The van der Waals surface area contributed by atoms with Crippen molar-refractivity contribution >= 4 is 6.03 Å². The molecule has 1 aliphatic rings. The second-order valence-corrected chi connectivity index (χ2v) is 3.16. The number of urea groups is 1. The summed E-state index contributed by atoms with van der Waals surface area (Å²) < 4.78 is 0. The number of amides is 2. The van der Waals surface area contributed by atoms with Crippen LogP contribution in [0.1, 0.15) is 11.6 Å². The number of rotatable bonds is 1. The fourth-order valence-corrected chi connectivity index (χ4v) is 1.41. The molecule has 0 spiro atoms. The van der Waals surface area contributed by atoms with Crippen molar-refractivity contribution in [3.8, 4) is 11.5 Å². The third kappa shape index (κ3) is 1.44. The summed E-state index contributed by atoms with van der Waals surface area (Å²) in [5.74, 6) is -0.338. The molecule has 1 atom stereocenters. The van der Waals surface area contributed by atoms with Gasteiger partial charge in [0.15, 0.2) is 11.5 Å². The minimum absolute atomic E-state index is 0.144. The van der Waals surface area contributed by atoms with Crippen LogP contribution in [0.3, 0.4) is 0 Å². The summed E-state index contributed by atoms with van der Waals surface area (Å²) >= 11 is 0. The molecule has 1 heterocycles. The molecule has 1 saturated heterocycles. The lowest BCUT2D eigenvalue weighted by Crippen LogP contribution is -2.21. The van der Waals surface area contributed by atoms with Gasteiger partial charge in [0.1, 0.15) is 0 Å². The van der Waals surface area contributed by atoms with E-state index >= 15 is 0 Å². The molecule has 1 aromatic rings. The molecule has 14 heavy (non-hydrogen) atoms. The quantitative estimate of drug-likeness (QED) is 0.490. The Hall–Kier alpha value is -1.91. The number of aromatic hydroxyl groups is 2. The number of benzene rings is 1. The maximum atomic E-state index is 10.8. The molecule has 0 bridgehead atoms. The Morgan fingerprint density at radius 1 is 1.29 bits per heavy atom. The highest BCUT2D eigenvalue weighted by molar-refractivity contribution is 5.76. The van der Waals surface area contributed by atoms with Crippen molar-refractivity contribution in [3.05, 3.63) is 23.8 Å². The molecule has 5 heteroatoms. The Balaban J connectivity index is 2.24. The number of phenols is 2. The predicted molar refractivity (Wildman–Crippen MR) is 49.0 cm³/mol. The highest BCUT2D eigenvalue weighted by Gasteiger charge is 2.21. The van der Waals surface area contributed by atoms with Crippen LogP contribution in [0.4, 0.5) is 4.79 Å². The molecule has 1 aromatic carbocycles. The Labute approximate surface area is 80.4 Å². The molecule has 0 aromatic heterocycles. The largest absolute Gasteiger partial charge is 0.504 e. The fraction of sp³-hybridized carbons (Fsp3) is 0.222. The number of hydrogen-bond donors (Lipinski definition) is 4. The first-order chi connectivity index (χ1) is 6.66. The Bertz CT molecular complexity index is 378. The third-order valence-corrected chi connectivity index (χ3v) is 2.17. The topological polar surface area (TPSA) is 81.6 Å². The van der Waals surface area contributed by atoms with E-state index in [1.807, 2.05) is 0 Å². The van der Waals surface area contributed by atoms with Crippen molar-refractivity contribution in [1.29, 1.82) is 0 Å². The van der Waals surface area contributed by atoms with Crippen LogP contribution in [-0.2, 0) is 0 Å². The van der Waals surface area contributed by atoms with Crippen LogP contribution in [0.2, 0.25) is 0 Å². The summed E-state index contributed by atoms with van der Waals surface area (Å²) in [6, 6.07) is 4.13. The molecule has 2 rings (SSSR count). The zero-order valence-electron chi connectivity index (χ0n) is 7.32. The van der Waals surface area contributed by atoms with E-state index in [4.69, 9.17) is 5.11 Å². The van der Waals surface area contributed by atoms with Crippen molar-refractivity contribution in [2.75, 3.05) is 6.54 Å². The first kappa shape index (κ1) is 8.68. The van der Waals surface area contributed by atoms with Gasteiger partial charge in [-0.2, -0.15) is 0 Å². The molecule has 1 fully saturated rings. The SMILES string of the molecule is O=C1NC[C@@H](c2ccc(O)c(O)c2)N1. The van der Waals surface area contributed by atoms with Gasteiger partial charge in [0.2, 0.25) is 0 Å². The fourth-order valence-electron chi connectivity index (χ4n) is 1.41. The van der Waals surface area contributed by atoms with Crippen LogP contribution in [0.5, 0.6) is 11.5 Å². The molecule has 4 N–H and O–H groups in total.